The van der Waals surface area contributed by atoms with Crippen molar-refractivity contribution in [3.05, 3.63) is 71.8 Å². The lowest BCUT2D eigenvalue weighted by Gasteiger charge is -2.37. The molecule has 0 fully saturated rings. The summed E-state index contributed by atoms with van der Waals surface area (Å²) in [6.07, 6.45) is -10.6. The van der Waals surface area contributed by atoms with Crippen LogP contribution in [0.4, 0.5) is 32.0 Å². The quantitative estimate of drug-likeness (QED) is 0.323. The number of anilines is 1. The highest BCUT2D eigenvalue weighted by molar-refractivity contribution is 7.92. The molecule has 0 amide bonds. The number of allylic oxidation sites excluding steroid dienone is 1. The van der Waals surface area contributed by atoms with E-state index in [9.17, 15) is 34.8 Å². The fraction of sp³-hybridized carbons (Fsp3) is 0.364. The van der Waals surface area contributed by atoms with Crippen LogP contribution in [-0.4, -0.2) is 33.9 Å². The van der Waals surface area contributed by atoms with E-state index in [1.54, 1.807) is 6.07 Å². The molecule has 182 valence electrons. The summed E-state index contributed by atoms with van der Waals surface area (Å²) in [5, 5.41) is 0. The summed E-state index contributed by atoms with van der Waals surface area (Å²) in [7, 11) is -4.08. The van der Waals surface area contributed by atoms with Gasteiger partial charge >= 0.3 is 12.4 Å². The predicted octanol–water partition coefficient (Wildman–Crippen LogP) is 6.20. The fourth-order valence-electron chi connectivity index (χ4n) is 3.14. The molecule has 2 rings (SSSR count). The third kappa shape index (κ3) is 5.35. The van der Waals surface area contributed by atoms with Crippen LogP contribution in [-0.2, 0) is 20.4 Å². The highest BCUT2D eigenvalue weighted by Crippen LogP contribution is 2.53. The Morgan fingerprint density at radius 1 is 0.909 bits per heavy atom. The van der Waals surface area contributed by atoms with Crippen molar-refractivity contribution in [3.8, 4) is 0 Å². The van der Waals surface area contributed by atoms with Crippen molar-refractivity contribution in [1.29, 1.82) is 0 Å². The predicted molar refractivity (Wildman–Crippen MR) is 112 cm³/mol. The summed E-state index contributed by atoms with van der Waals surface area (Å²) in [5.41, 5.74) is -5.40. The minimum absolute atomic E-state index is 0.0686. The molecule has 0 radical (unpaired) electrons. The Bertz CT molecular complexity index is 1040. The molecule has 0 saturated heterocycles. The standard InChI is InChI=1S/C22H23F6NO3S/c1-4-29(33(30,31)19-8-6-5-7-9-19)18-12-10-17(11-13-18)20(21(23,24)25,22(26,27)28)32-15-14-16(2)3/h5-14H,4,15H2,1-3H3. The Kier molecular flexibility index (Phi) is 7.90. The van der Waals surface area contributed by atoms with Crippen LogP contribution >= 0.6 is 0 Å². The number of benzene rings is 2. The Labute approximate surface area is 188 Å². The second-order valence-corrected chi connectivity index (χ2v) is 9.16. The van der Waals surface area contributed by atoms with Gasteiger partial charge in [0.15, 0.2) is 0 Å². The van der Waals surface area contributed by atoms with Crippen LogP contribution < -0.4 is 4.31 Å². The topological polar surface area (TPSA) is 46.6 Å². The molecule has 0 atom stereocenters. The largest absolute Gasteiger partial charge is 0.430 e. The molecular weight excluding hydrogens is 472 g/mol. The number of ether oxygens (including phenoxy) is 1. The van der Waals surface area contributed by atoms with E-state index in [2.05, 4.69) is 4.74 Å². The number of sulfonamides is 1. The van der Waals surface area contributed by atoms with Crippen LogP contribution in [0.1, 0.15) is 26.3 Å². The van der Waals surface area contributed by atoms with Gasteiger partial charge in [-0.3, -0.25) is 4.31 Å². The van der Waals surface area contributed by atoms with Gasteiger partial charge in [-0.15, -0.1) is 0 Å². The Morgan fingerprint density at radius 3 is 1.85 bits per heavy atom. The lowest BCUT2D eigenvalue weighted by molar-refractivity contribution is -0.387. The van der Waals surface area contributed by atoms with Gasteiger partial charge < -0.3 is 4.74 Å². The maximum absolute atomic E-state index is 13.8. The van der Waals surface area contributed by atoms with E-state index in [4.69, 9.17) is 0 Å². The van der Waals surface area contributed by atoms with E-state index in [0.29, 0.717) is 17.7 Å². The van der Waals surface area contributed by atoms with Crippen molar-refractivity contribution in [3.63, 3.8) is 0 Å². The Balaban J connectivity index is 2.57. The molecular formula is C22H23F6NO3S. The van der Waals surface area contributed by atoms with Crippen LogP contribution in [0.15, 0.2) is 71.1 Å². The molecule has 0 spiro atoms. The van der Waals surface area contributed by atoms with E-state index in [1.165, 1.54) is 45.0 Å². The Morgan fingerprint density at radius 2 is 1.42 bits per heavy atom. The summed E-state index contributed by atoms with van der Waals surface area (Å²) in [6.45, 7) is 3.48. The monoisotopic (exact) mass is 495 g/mol. The molecule has 0 bridgehead atoms. The van der Waals surface area contributed by atoms with Gasteiger partial charge in [0.1, 0.15) is 0 Å². The highest BCUT2D eigenvalue weighted by atomic mass is 32.2. The molecule has 0 aromatic heterocycles. The van der Waals surface area contributed by atoms with Crippen LogP contribution in [0.3, 0.4) is 0 Å². The number of alkyl halides is 6. The van der Waals surface area contributed by atoms with Gasteiger partial charge in [0.2, 0.25) is 0 Å². The average molecular weight is 495 g/mol. The van der Waals surface area contributed by atoms with Crippen molar-refractivity contribution in [2.24, 2.45) is 0 Å². The molecule has 0 aliphatic rings. The van der Waals surface area contributed by atoms with E-state index < -0.39 is 40.1 Å². The zero-order chi connectivity index (χ0) is 25.1. The highest BCUT2D eigenvalue weighted by Gasteiger charge is 2.73. The van der Waals surface area contributed by atoms with Gasteiger partial charge in [-0.2, -0.15) is 26.3 Å². The third-order valence-corrected chi connectivity index (χ3v) is 6.69. The molecule has 0 unspecified atom stereocenters. The van der Waals surface area contributed by atoms with Crippen LogP contribution in [0.5, 0.6) is 0 Å². The fourth-order valence-corrected chi connectivity index (χ4v) is 4.64. The first-order valence-electron chi connectivity index (χ1n) is 9.77. The summed E-state index contributed by atoms with van der Waals surface area (Å²) >= 11 is 0. The van der Waals surface area contributed by atoms with Crippen LogP contribution in [0.25, 0.3) is 0 Å². The number of hydrogen-bond acceptors (Lipinski definition) is 3. The van der Waals surface area contributed by atoms with Crippen molar-refractivity contribution in [2.75, 3.05) is 17.5 Å². The van der Waals surface area contributed by atoms with Gasteiger partial charge in [-0.25, -0.2) is 8.42 Å². The molecule has 0 heterocycles. The molecule has 33 heavy (non-hydrogen) atoms. The average Bonchev–Trinajstić information content (AvgIpc) is 2.71. The maximum atomic E-state index is 13.8. The first kappa shape index (κ1) is 26.7. The number of halogens is 6. The third-order valence-electron chi connectivity index (χ3n) is 4.77. The van der Waals surface area contributed by atoms with E-state index in [-0.39, 0.29) is 17.1 Å². The summed E-state index contributed by atoms with van der Waals surface area (Å²) in [5.74, 6) is 0. The number of rotatable bonds is 8. The lowest BCUT2D eigenvalue weighted by atomic mass is 9.91. The molecule has 0 aliphatic heterocycles. The van der Waals surface area contributed by atoms with Gasteiger partial charge in [0.25, 0.3) is 15.6 Å². The minimum atomic E-state index is -5.83. The van der Waals surface area contributed by atoms with Gasteiger partial charge in [-0.1, -0.05) is 42.0 Å². The molecule has 2 aromatic carbocycles. The number of hydrogen-bond donors (Lipinski definition) is 0. The first-order valence-corrected chi connectivity index (χ1v) is 11.2. The molecule has 2 aromatic rings. The smallest absolute Gasteiger partial charge is 0.350 e. The molecule has 0 N–H and O–H groups in total. The van der Waals surface area contributed by atoms with Crippen LogP contribution in [0.2, 0.25) is 0 Å². The zero-order valence-corrected chi connectivity index (χ0v) is 18.9. The van der Waals surface area contributed by atoms with Crippen LogP contribution in [0, 0.1) is 0 Å². The van der Waals surface area contributed by atoms with Crippen molar-refractivity contribution < 1.29 is 39.5 Å². The first-order chi connectivity index (χ1) is 15.2. The summed E-state index contributed by atoms with van der Waals surface area (Å²) in [4.78, 5) is -0.0686. The molecule has 0 aliphatic carbocycles. The van der Waals surface area contributed by atoms with Gasteiger partial charge in [0.05, 0.1) is 17.2 Å². The summed E-state index contributed by atoms with van der Waals surface area (Å²) in [6, 6.07) is 10.2. The van der Waals surface area contributed by atoms with Gasteiger partial charge in [0, 0.05) is 12.1 Å². The van der Waals surface area contributed by atoms with Crippen molar-refractivity contribution in [1.82, 2.24) is 0 Å². The number of nitrogens with zero attached hydrogens (tertiary/aromatic N) is 1. The van der Waals surface area contributed by atoms with Gasteiger partial charge in [-0.05, 0) is 45.0 Å². The maximum Gasteiger partial charge on any atom is 0.430 e. The second-order valence-electron chi connectivity index (χ2n) is 7.30. The van der Waals surface area contributed by atoms with Crippen molar-refractivity contribution >= 4 is 15.7 Å². The normalized spacial score (nSPS) is 13.0. The Hall–Kier alpha value is -2.53. The van der Waals surface area contributed by atoms with E-state index in [0.717, 1.165) is 22.5 Å². The summed E-state index contributed by atoms with van der Waals surface area (Å²) < 4.78 is 114. The van der Waals surface area contributed by atoms with E-state index in [1.807, 2.05) is 0 Å². The second kappa shape index (κ2) is 9.76. The molecule has 0 saturated carbocycles. The molecule has 11 heteroatoms. The van der Waals surface area contributed by atoms with E-state index >= 15 is 0 Å². The lowest BCUT2D eigenvalue weighted by Crippen LogP contribution is -2.56. The zero-order valence-electron chi connectivity index (χ0n) is 18.0. The SMILES string of the molecule is CCN(c1ccc(C(OCC=C(C)C)(C(F)(F)F)C(F)(F)F)cc1)S(=O)(=O)c1ccccc1. The van der Waals surface area contributed by atoms with Crippen molar-refractivity contribution in [2.45, 2.75) is 43.6 Å². The molecule has 4 nitrogen and oxygen atoms in total. The minimum Gasteiger partial charge on any atom is -0.350 e.